The molecule has 1 heterocycles. The van der Waals surface area contributed by atoms with E-state index < -0.39 is 0 Å². The topological polar surface area (TPSA) is 29.3 Å². The van der Waals surface area contributed by atoms with Crippen molar-refractivity contribution < 1.29 is 0 Å². The standard InChI is InChI=1S/C19H23BrN2/c1-14-12-18(20)17-13-22(11-9-16(17)19(14)21)10-5-8-15-6-3-2-4-7-15/h2-4,6-7,12H,5,8-11,13,21H2,1H3. The van der Waals surface area contributed by atoms with Gasteiger partial charge in [-0.25, -0.2) is 0 Å². The monoisotopic (exact) mass is 358 g/mol. The number of hydrogen-bond donors (Lipinski definition) is 1. The number of nitrogens with two attached hydrogens (primary N) is 1. The molecule has 0 radical (unpaired) electrons. The van der Waals surface area contributed by atoms with Crippen molar-refractivity contribution >= 4 is 21.6 Å². The van der Waals surface area contributed by atoms with Crippen LogP contribution < -0.4 is 5.73 Å². The Balaban J connectivity index is 1.61. The van der Waals surface area contributed by atoms with Crippen molar-refractivity contribution in [1.82, 2.24) is 4.90 Å². The Hall–Kier alpha value is -1.32. The largest absolute Gasteiger partial charge is 0.398 e. The fraction of sp³-hybridized carbons (Fsp3) is 0.368. The van der Waals surface area contributed by atoms with Crippen molar-refractivity contribution in [2.24, 2.45) is 0 Å². The van der Waals surface area contributed by atoms with E-state index in [-0.39, 0.29) is 0 Å². The van der Waals surface area contributed by atoms with E-state index in [1.165, 1.54) is 33.1 Å². The molecule has 0 aliphatic carbocycles. The van der Waals surface area contributed by atoms with Crippen molar-refractivity contribution in [3.63, 3.8) is 0 Å². The van der Waals surface area contributed by atoms with Gasteiger partial charge in [0.05, 0.1) is 0 Å². The van der Waals surface area contributed by atoms with Crippen molar-refractivity contribution in [1.29, 1.82) is 0 Å². The normalized spacial score (nSPS) is 14.8. The summed E-state index contributed by atoms with van der Waals surface area (Å²) >= 11 is 3.72. The van der Waals surface area contributed by atoms with Crippen LogP contribution >= 0.6 is 15.9 Å². The molecule has 0 aromatic heterocycles. The number of hydrogen-bond acceptors (Lipinski definition) is 2. The molecule has 0 fully saturated rings. The average molecular weight is 359 g/mol. The van der Waals surface area contributed by atoms with Crippen LogP contribution in [0.3, 0.4) is 0 Å². The summed E-state index contributed by atoms with van der Waals surface area (Å²) in [7, 11) is 0. The Morgan fingerprint density at radius 1 is 1.18 bits per heavy atom. The molecule has 0 saturated heterocycles. The summed E-state index contributed by atoms with van der Waals surface area (Å²) in [4.78, 5) is 2.55. The molecule has 2 aromatic rings. The van der Waals surface area contributed by atoms with Crippen molar-refractivity contribution in [3.8, 4) is 0 Å². The van der Waals surface area contributed by atoms with Gasteiger partial charge in [0.2, 0.25) is 0 Å². The molecule has 1 aliphatic heterocycles. The summed E-state index contributed by atoms with van der Waals surface area (Å²) in [6, 6.07) is 12.9. The molecule has 0 spiro atoms. The average Bonchev–Trinajstić information content (AvgIpc) is 2.54. The Labute approximate surface area is 141 Å². The first-order chi connectivity index (χ1) is 10.6. The number of benzene rings is 2. The minimum atomic E-state index is 0.988. The number of nitrogens with zero attached hydrogens (tertiary/aromatic N) is 1. The van der Waals surface area contributed by atoms with Crippen LogP contribution in [0.5, 0.6) is 0 Å². The third-order valence-corrected chi connectivity index (χ3v) is 5.30. The maximum atomic E-state index is 6.25. The molecule has 3 rings (SSSR count). The lowest BCUT2D eigenvalue weighted by molar-refractivity contribution is 0.251. The molecule has 2 N–H and O–H groups in total. The van der Waals surface area contributed by atoms with Crippen molar-refractivity contribution in [2.75, 3.05) is 18.8 Å². The first-order valence-electron chi connectivity index (χ1n) is 7.98. The van der Waals surface area contributed by atoms with Crippen LogP contribution in [0.15, 0.2) is 40.9 Å². The maximum absolute atomic E-state index is 6.25. The summed E-state index contributed by atoms with van der Waals surface area (Å²) in [5.41, 5.74) is 12.6. The molecule has 0 unspecified atom stereocenters. The molecule has 0 bridgehead atoms. The van der Waals surface area contributed by atoms with Crippen LogP contribution in [-0.4, -0.2) is 18.0 Å². The van der Waals surface area contributed by atoms with Crippen LogP contribution in [0.4, 0.5) is 5.69 Å². The third kappa shape index (κ3) is 3.36. The van der Waals surface area contributed by atoms with Crippen LogP contribution in [0, 0.1) is 6.92 Å². The first kappa shape index (κ1) is 15.6. The zero-order valence-corrected chi connectivity index (χ0v) is 14.7. The van der Waals surface area contributed by atoms with Gasteiger partial charge < -0.3 is 5.73 Å². The fourth-order valence-corrected chi connectivity index (χ4v) is 3.98. The first-order valence-corrected chi connectivity index (χ1v) is 8.77. The van der Waals surface area contributed by atoms with E-state index in [4.69, 9.17) is 5.73 Å². The Kier molecular flexibility index (Phi) is 4.84. The fourth-order valence-electron chi connectivity index (χ4n) is 3.27. The van der Waals surface area contributed by atoms with E-state index in [1.54, 1.807) is 0 Å². The maximum Gasteiger partial charge on any atom is 0.0380 e. The quantitative estimate of drug-likeness (QED) is 0.824. The highest BCUT2D eigenvalue weighted by Crippen LogP contribution is 2.33. The minimum Gasteiger partial charge on any atom is -0.398 e. The van der Waals surface area contributed by atoms with Crippen LogP contribution in [0.25, 0.3) is 0 Å². The molecule has 22 heavy (non-hydrogen) atoms. The van der Waals surface area contributed by atoms with Gasteiger partial charge >= 0.3 is 0 Å². The minimum absolute atomic E-state index is 0.988. The van der Waals surface area contributed by atoms with E-state index in [0.717, 1.165) is 38.2 Å². The molecular weight excluding hydrogens is 336 g/mol. The van der Waals surface area contributed by atoms with Gasteiger partial charge in [0.25, 0.3) is 0 Å². The molecule has 2 nitrogen and oxygen atoms in total. The smallest absolute Gasteiger partial charge is 0.0380 e. The Morgan fingerprint density at radius 3 is 2.73 bits per heavy atom. The van der Waals surface area contributed by atoms with E-state index in [1.807, 2.05) is 0 Å². The van der Waals surface area contributed by atoms with Gasteiger partial charge in [0, 0.05) is 23.2 Å². The summed E-state index contributed by atoms with van der Waals surface area (Å²) in [5, 5.41) is 0. The SMILES string of the molecule is Cc1cc(Br)c2c(c1N)CCN(CCCc1ccccc1)C2. The predicted molar refractivity (Wildman–Crippen MR) is 97.0 cm³/mol. The van der Waals surface area contributed by atoms with Gasteiger partial charge in [-0.15, -0.1) is 0 Å². The van der Waals surface area contributed by atoms with Crippen LogP contribution in [0.1, 0.15) is 28.7 Å². The van der Waals surface area contributed by atoms with E-state index >= 15 is 0 Å². The molecular formula is C19H23BrN2. The van der Waals surface area contributed by atoms with Crippen LogP contribution in [0.2, 0.25) is 0 Å². The van der Waals surface area contributed by atoms with E-state index in [9.17, 15) is 0 Å². The number of aryl methyl sites for hydroxylation is 2. The second kappa shape index (κ2) is 6.84. The van der Waals surface area contributed by atoms with Gasteiger partial charge in [-0.05, 0) is 61.1 Å². The Bertz CT molecular complexity index is 652. The van der Waals surface area contributed by atoms with E-state index in [0.29, 0.717) is 0 Å². The number of anilines is 1. The second-order valence-corrected chi connectivity index (χ2v) is 7.02. The lowest BCUT2D eigenvalue weighted by atomic mass is 9.95. The lowest BCUT2D eigenvalue weighted by Gasteiger charge is -2.31. The number of fused-ring (bicyclic) bond motifs is 1. The molecule has 1 aliphatic rings. The van der Waals surface area contributed by atoms with Crippen LogP contribution in [-0.2, 0) is 19.4 Å². The molecule has 2 aromatic carbocycles. The number of nitrogen functional groups attached to an aromatic ring is 1. The number of halogens is 1. The van der Waals surface area contributed by atoms with Gasteiger partial charge in [-0.2, -0.15) is 0 Å². The highest BCUT2D eigenvalue weighted by atomic mass is 79.9. The summed E-state index contributed by atoms with van der Waals surface area (Å²) in [6.07, 6.45) is 3.42. The molecule has 116 valence electrons. The molecule has 3 heteroatoms. The lowest BCUT2D eigenvalue weighted by Crippen LogP contribution is -2.32. The van der Waals surface area contributed by atoms with Gasteiger partial charge in [-0.1, -0.05) is 46.3 Å². The predicted octanol–water partition coefficient (Wildman–Crippen LogP) is 4.33. The zero-order valence-electron chi connectivity index (χ0n) is 13.1. The molecule has 0 saturated carbocycles. The van der Waals surface area contributed by atoms with Crippen molar-refractivity contribution in [2.45, 2.75) is 32.7 Å². The summed E-state index contributed by atoms with van der Waals surface area (Å²) in [6.45, 7) is 5.36. The third-order valence-electron chi connectivity index (χ3n) is 4.59. The van der Waals surface area contributed by atoms with Crippen molar-refractivity contribution in [3.05, 3.63) is 63.1 Å². The zero-order chi connectivity index (χ0) is 15.5. The highest BCUT2D eigenvalue weighted by Gasteiger charge is 2.21. The molecule has 0 atom stereocenters. The molecule has 0 amide bonds. The highest BCUT2D eigenvalue weighted by molar-refractivity contribution is 9.10. The second-order valence-electron chi connectivity index (χ2n) is 6.16. The van der Waals surface area contributed by atoms with Gasteiger partial charge in [-0.3, -0.25) is 4.90 Å². The van der Waals surface area contributed by atoms with Gasteiger partial charge in [0.1, 0.15) is 0 Å². The van der Waals surface area contributed by atoms with Gasteiger partial charge in [0.15, 0.2) is 0 Å². The number of rotatable bonds is 4. The summed E-state index contributed by atoms with van der Waals surface area (Å²) in [5.74, 6) is 0. The van der Waals surface area contributed by atoms with E-state index in [2.05, 4.69) is 64.2 Å². The summed E-state index contributed by atoms with van der Waals surface area (Å²) < 4.78 is 1.21. The Morgan fingerprint density at radius 2 is 1.95 bits per heavy atom.